The highest BCUT2D eigenvalue weighted by atomic mass is 35.5. The summed E-state index contributed by atoms with van der Waals surface area (Å²) >= 11 is 5.62. The van der Waals surface area contributed by atoms with Crippen LogP contribution in [0.1, 0.15) is 32.6 Å². The molecule has 0 saturated carbocycles. The maximum Gasteiger partial charge on any atom is 0.252 e. The molecule has 0 aliphatic rings. The molecule has 0 radical (unpaired) electrons. The van der Waals surface area contributed by atoms with Gasteiger partial charge in [0.2, 0.25) is 0 Å². The van der Waals surface area contributed by atoms with Gasteiger partial charge in [0.05, 0.1) is 0 Å². The Labute approximate surface area is 107 Å². The van der Waals surface area contributed by atoms with Gasteiger partial charge in [0, 0.05) is 5.56 Å². The Morgan fingerprint density at radius 2 is 1.65 bits per heavy atom. The average Bonchev–Trinajstić information content (AvgIpc) is 2.26. The minimum Gasteiger partial charge on any atom is -0.489 e. The summed E-state index contributed by atoms with van der Waals surface area (Å²) in [6, 6.07) is 0. The van der Waals surface area contributed by atoms with E-state index >= 15 is 0 Å². The first-order valence-corrected chi connectivity index (χ1v) is 5.83. The van der Waals surface area contributed by atoms with Crippen LogP contribution in [0.3, 0.4) is 0 Å². The molecule has 1 rings (SSSR count). The van der Waals surface area contributed by atoms with Crippen LogP contribution in [0.15, 0.2) is 12.7 Å². The van der Waals surface area contributed by atoms with Crippen LogP contribution in [0.2, 0.25) is 0 Å². The second-order valence-corrected chi connectivity index (χ2v) is 4.42. The lowest BCUT2D eigenvalue weighted by Gasteiger charge is -2.18. The van der Waals surface area contributed by atoms with Crippen molar-refractivity contribution in [1.82, 2.24) is 0 Å². The first-order valence-electron chi connectivity index (χ1n) is 5.45. The second kappa shape index (κ2) is 5.37. The van der Waals surface area contributed by atoms with E-state index in [4.69, 9.17) is 16.3 Å². The summed E-state index contributed by atoms with van der Waals surface area (Å²) in [5.74, 6) is 0.821. The molecule has 0 N–H and O–H groups in total. The lowest BCUT2D eigenvalue weighted by Crippen LogP contribution is -2.07. The third-order valence-corrected chi connectivity index (χ3v) is 3.29. The number of benzene rings is 1. The number of carbonyl (C=O) groups is 1. The predicted molar refractivity (Wildman–Crippen MR) is 71.3 cm³/mol. The molecule has 1 aromatic rings. The minimum absolute atomic E-state index is 0.415. The first kappa shape index (κ1) is 13.8. The van der Waals surface area contributed by atoms with E-state index < -0.39 is 5.24 Å². The molecule has 17 heavy (non-hydrogen) atoms. The van der Waals surface area contributed by atoms with Gasteiger partial charge in [-0.1, -0.05) is 12.7 Å². The molecule has 0 aliphatic carbocycles. The van der Waals surface area contributed by atoms with Gasteiger partial charge in [-0.2, -0.15) is 0 Å². The Bertz CT molecular complexity index is 447. The molecule has 0 unspecified atom stereocenters. The predicted octanol–water partition coefficient (Wildman–Crippen LogP) is 3.86. The molecular formula is C14H17ClO2. The Balaban J connectivity index is 3.46. The number of hydrogen-bond donors (Lipinski definition) is 0. The average molecular weight is 253 g/mol. The van der Waals surface area contributed by atoms with E-state index in [1.807, 2.05) is 27.7 Å². The highest BCUT2D eigenvalue weighted by Gasteiger charge is 2.18. The largest absolute Gasteiger partial charge is 0.489 e. The molecular weight excluding hydrogens is 236 g/mol. The van der Waals surface area contributed by atoms with Crippen LogP contribution in [0, 0.1) is 27.7 Å². The third kappa shape index (κ3) is 2.52. The van der Waals surface area contributed by atoms with Crippen LogP contribution in [-0.2, 0) is 0 Å². The van der Waals surface area contributed by atoms with Crippen molar-refractivity contribution in [1.29, 1.82) is 0 Å². The van der Waals surface area contributed by atoms with Crippen molar-refractivity contribution in [3.05, 3.63) is 40.5 Å². The molecule has 1 aromatic carbocycles. The van der Waals surface area contributed by atoms with E-state index in [0.717, 1.165) is 28.0 Å². The zero-order valence-corrected chi connectivity index (χ0v) is 11.4. The van der Waals surface area contributed by atoms with Crippen LogP contribution in [-0.4, -0.2) is 11.8 Å². The van der Waals surface area contributed by atoms with Gasteiger partial charge in [0.25, 0.3) is 5.24 Å². The molecule has 0 amide bonds. The molecule has 0 spiro atoms. The molecule has 0 aromatic heterocycles. The Kier molecular flexibility index (Phi) is 4.35. The summed E-state index contributed by atoms with van der Waals surface area (Å²) in [6.45, 7) is 11.7. The number of halogens is 1. The number of hydrogen-bond acceptors (Lipinski definition) is 2. The maximum absolute atomic E-state index is 11.4. The summed E-state index contributed by atoms with van der Waals surface area (Å²) in [7, 11) is 0. The minimum atomic E-state index is -0.415. The zero-order valence-electron chi connectivity index (χ0n) is 10.7. The van der Waals surface area contributed by atoms with E-state index in [1.54, 1.807) is 6.08 Å². The second-order valence-electron chi connectivity index (χ2n) is 4.08. The van der Waals surface area contributed by atoms with E-state index in [2.05, 4.69) is 6.58 Å². The van der Waals surface area contributed by atoms with Crippen molar-refractivity contribution in [2.75, 3.05) is 6.61 Å². The van der Waals surface area contributed by atoms with E-state index in [1.165, 1.54) is 0 Å². The maximum atomic E-state index is 11.4. The van der Waals surface area contributed by atoms with Gasteiger partial charge in [-0.25, -0.2) is 0 Å². The van der Waals surface area contributed by atoms with Gasteiger partial charge in [0.15, 0.2) is 0 Å². The number of carbonyl (C=O) groups excluding carboxylic acids is 1. The van der Waals surface area contributed by atoms with Crippen molar-refractivity contribution in [2.45, 2.75) is 27.7 Å². The van der Waals surface area contributed by atoms with Crippen LogP contribution in [0.5, 0.6) is 5.75 Å². The van der Waals surface area contributed by atoms with Gasteiger partial charge < -0.3 is 4.74 Å². The van der Waals surface area contributed by atoms with Gasteiger partial charge in [-0.15, -0.1) is 0 Å². The number of rotatable bonds is 4. The monoisotopic (exact) mass is 252 g/mol. The molecule has 0 atom stereocenters. The SMILES string of the molecule is C=CCOc1c(C)c(C)c(C(=O)Cl)c(C)c1C. The number of ether oxygens (including phenoxy) is 1. The quantitative estimate of drug-likeness (QED) is 0.601. The molecule has 0 heterocycles. The normalized spacial score (nSPS) is 10.2. The van der Waals surface area contributed by atoms with Gasteiger partial charge in [-0.05, 0) is 61.5 Å². The van der Waals surface area contributed by atoms with Crippen molar-refractivity contribution in [2.24, 2.45) is 0 Å². The van der Waals surface area contributed by atoms with Crippen LogP contribution in [0.4, 0.5) is 0 Å². The highest BCUT2D eigenvalue weighted by Crippen LogP contribution is 2.33. The van der Waals surface area contributed by atoms with Crippen LogP contribution < -0.4 is 4.74 Å². The Morgan fingerprint density at radius 3 is 2.00 bits per heavy atom. The summed E-state index contributed by atoms with van der Waals surface area (Å²) in [4.78, 5) is 11.4. The molecule has 2 nitrogen and oxygen atoms in total. The van der Waals surface area contributed by atoms with E-state index in [0.29, 0.717) is 12.2 Å². The first-order chi connectivity index (χ1) is 7.91. The van der Waals surface area contributed by atoms with Gasteiger partial charge in [-0.3, -0.25) is 4.79 Å². The molecule has 92 valence electrons. The Morgan fingerprint density at radius 1 is 1.18 bits per heavy atom. The van der Waals surface area contributed by atoms with Gasteiger partial charge >= 0.3 is 0 Å². The standard InChI is InChI=1S/C14H17ClO2/c1-6-7-17-13-10(4)8(2)12(14(15)16)9(3)11(13)5/h6H,1,7H2,2-5H3. The highest BCUT2D eigenvalue weighted by molar-refractivity contribution is 6.68. The molecule has 0 saturated heterocycles. The zero-order chi connectivity index (χ0) is 13.2. The summed E-state index contributed by atoms with van der Waals surface area (Å²) < 4.78 is 5.64. The van der Waals surface area contributed by atoms with Gasteiger partial charge in [0.1, 0.15) is 12.4 Å². The summed E-state index contributed by atoms with van der Waals surface area (Å²) in [5.41, 5.74) is 4.27. The van der Waals surface area contributed by atoms with Crippen molar-refractivity contribution in [3.8, 4) is 5.75 Å². The van der Waals surface area contributed by atoms with Crippen molar-refractivity contribution < 1.29 is 9.53 Å². The van der Waals surface area contributed by atoms with Crippen molar-refractivity contribution >= 4 is 16.8 Å². The summed E-state index contributed by atoms with van der Waals surface area (Å²) in [6.07, 6.45) is 1.70. The molecule has 3 heteroatoms. The molecule has 0 aliphatic heterocycles. The lowest BCUT2D eigenvalue weighted by atomic mass is 9.93. The third-order valence-electron chi connectivity index (χ3n) is 3.10. The topological polar surface area (TPSA) is 26.3 Å². The van der Waals surface area contributed by atoms with E-state index in [-0.39, 0.29) is 0 Å². The molecule has 0 bridgehead atoms. The fraction of sp³-hybridized carbons (Fsp3) is 0.357. The van der Waals surface area contributed by atoms with Crippen molar-refractivity contribution in [3.63, 3.8) is 0 Å². The summed E-state index contributed by atoms with van der Waals surface area (Å²) in [5, 5.41) is -0.415. The van der Waals surface area contributed by atoms with Crippen LogP contribution >= 0.6 is 11.6 Å². The smallest absolute Gasteiger partial charge is 0.252 e. The van der Waals surface area contributed by atoms with Crippen LogP contribution in [0.25, 0.3) is 0 Å². The fourth-order valence-electron chi connectivity index (χ4n) is 1.93. The van der Waals surface area contributed by atoms with E-state index in [9.17, 15) is 4.79 Å². The Hall–Kier alpha value is -1.28. The molecule has 0 fully saturated rings. The lowest BCUT2D eigenvalue weighted by molar-refractivity contribution is 0.108. The fourth-order valence-corrected chi connectivity index (χ4v) is 2.22.